The van der Waals surface area contributed by atoms with Gasteiger partial charge in [-0.05, 0) is 26.9 Å². The number of hydrogen-bond acceptors (Lipinski definition) is 2. The van der Waals surface area contributed by atoms with E-state index in [0.29, 0.717) is 0 Å². The molecule has 2 N–H and O–H groups in total. The Balaban J connectivity index is 3.13. The van der Waals surface area contributed by atoms with Gasteiger partial charge in [0.1, 0.15) is 0 Å². The molecule has 1 rings (SSSR count). The fourth-order valence-electron chi connectivity index (χ4n) is 1.30. The summed E-state index contributed by atoms with van der Waals surface area (Å²) in [5, 5.41) is 2.54. The van der Waals surface area contributed by atoms with Gasteiger partial charge in [0.05, 0.1) is 6.04 Å². The van der Waals surface area contributed by atoms with Gasteiger partial charge in [-0.3, -0.25) is 0 Å². The van der Waals surface area contributed by atoms with Gasteiger partial charge in [0.2, 0.25) is 0 Å². The van der Waals surface area contributed by atoms with Gasteiger partial charge in [-0.2, -0.15) is 37.7 Å². The Bertz CT molecular complexity index is 370. The lowest BCUT2D eigenvalue weighted by atomic mass is 9.94. The summed E-state index contributed by atoms with van der Waals surface area (Å²) in [7, 11) is 0. The first-order valence-corrected chi connectivity index (χ1v) is 5.89. The molecule has 0 aromatic carbocycles. The van der Waals surface area contributed by atoms with Crippen molar-refractivity contribution in [2.75, 3.05) is 0 Å². The molecule has 1 atom stereocenters. The van der Waals surface area contributed by atoms with Crippen LogP contribution in [0.5, 0.6) is 0 Å². The van der Waals surface area contributed by atoms with E-state index in [9.17, 15) is 26.3 Å². The molecule has 1 unspecified atom stereocenters. The molecular formula is C8H6BrF6NS. The van der Waals surface area contributed by atoms with Crippen LogP contribution in [0.2, 0.25) is 0 Å². The van der Waals surface area contributed by atoms with E-state index >= 15 is 0 Å². The Morgan fingerprint density at radius 3 is 1.82 bits per heavy atom. The van der Waals surface area contributed by atoms with E-state index < -0.39 is 24.3 Å². The normalized spacial score (nSPS) is 15.4. The Hall–Kier alpha value is -0.280. The van der Waals surface area contributed by atoms with E-state index in [-0.39, 0.29) is 10.0 Å². The average molecular weight is 342 g/mol. The van der Waals surface area contributed by atoms with Crippen LogP contribution < -0.4 is 5.73 Å². The SMILES string of the molecule is NC(c1cscc1Br)C(C(F)(F)F)C(F)(F)F. The van der Waals surface area contributed by atoms with Crippen molar-refractivity contribution < 1.29 is 26.3 Å². The monoisotopic (exact) mass is 341 g/mol. The smallest absolute Gasteiger partial charge is 0.323 e. The first-order chi connectivity index (χ1) is 7.55. The van der Waals surface area contributed by atoms with Gasteiger partial charge in [-0.15, -0.1) is 0 Å². The Morgan fingerprint density at radius 1 is 1.06 bits per heavy atom. The molecule has 0 saturated heterocycles. The zero-order chi connectivity index (χ0) is 13.4. The van der Waals surface area contributed by atoms with Crippen LogP contribution in [0, 0.1) is 5.92 Å². The van der Waals surface area contributed by atoms with Crippen LogP contribution >= 0.6 is 27.3 Å². The molecule has 1 heterocycles. The van der Waals surface area contributed by atoms with E-state index in [4.69, 9.17) is 5.73 Å². The standard InChI is InChI=1S/C8H6BrF6NS/c9-4-2-17-1-3(4)5(16)6(7(10,11)12)8(13,14)15/h1-2,5-6H,16H2. The van der Waals surface area contributed by atoms with Crippen LogP contribution in [0.4, 0.5) is 26.3 Å². The molecule has 0 radical (unpaired) electrons. The lowest BCUT2D eigenvalue weighted by Crippen LogP contribution is -2.43. The molecule has 0 saturated carbocycles. The number of nitrogens with two attached hydrogens (primary N) is 1. The Labute approximate surface area is 105 Å². The second kappa shape index (κ2) is 4.77. The molecule has 0 spiro atoms. The van der Waals surface area contributed by atoms with Gasteiger partial charge in [0, 0.05) is 9.85 Å². The zero-order valence-corrected chi connectivity index (χ0v) is 10.3. The Morgan fingerprint density at radius 2 is 1.53 bits per heavy atom. The fourth-order valence-corrected chi connectivity index (χ4v) is 2.91. The molecule has 1 aromatic rings. The van der Waals surface area contributed by atoms with Crippen molar-refractivity contribution in [1.29, 1.82) is 0 Å². The van der Waals surface area contributed by atoms with E-state index in [0.717, 1.165) is 11.3 Å². The first kappa shape index (κ1) is 14.8. The molecule has 9 heteroatoms. The van der Waals surface area contributed by atoms with Crippen LogP contribution in [0.15, 0.2) is 15.2 Å². The maximum atomic E-state index is 12.4. The summed E-state index contributed by atoms with van der Waals surface area (Å²) in [6, 6.07) is -2.17. The van der Waals surface area contributed by atoms with Crippen LogP contribution in [0.25, 0.3) is 0 Å². The minimum absolute atomic E-state index is 0.147. The second-order valence-corrected chi connectivity index (χ2v) is 4.86. The summed E-state index contributed by atoms with van der Waals surface area (Å²) >= 11 is 3.84. The largest absolute Gasteiger partial charge is 0.402 e. The molecule has 0 fully saturated rings. The van der Waals surface area contributed by atoms with Crippen LogP contribution in [-0.2, 0) is 0 Å². The van der Waals surface area contributed by atoms with Gasteiger partial charge in [0.25, 0.3) is 0 Å². The van der Waals surface area contributed by atoms with Crippen LogP contribution in [-0.4, -0.2) is 12.4 Å². The van der Waals surface area contributed by atoms with Crippen molar-refractivity contribution in [3.63, 3.8) is 0 Å². The predicted molar refractivity (Wildman–Crippen MR) is 54.5 cm³/mol. The summed E-state index contributed by atoms with van der Waals surface area (Å²) in [5.74, 6) is -3.57. The molecule has 0 bridgehead atoms. The van der Waals surface area contributed by atoms with Crippen molar-refractivity contribution in [2.45, 2.75) is 18.4 Å². The molecule has 1 nitrogen and oxygen atoms in total. The third-order valence-corrected chi connectivity index (χ3v) is 3.82. The van der Waals surface area contributed by atoms with Gasteiger partial charge >= 0.3 is 12.4 Å². The summed E-state index contributed by atoms with van der Waals surface area (Å²) in [6.45, 7) is 0. The molecule has 0 aliphatic heterocycles. The molecular weight excluding hydrogens is 336 g/mol. The maximum Gasteiger partial charge on any atom is 0.402 e. The number of thiophene rings is 1. The van der Waals surface area contributed by atoms with Gasteiger partial charge in [0.15, 0.2) is 5.92 Å². The topological polar surface area (TPSA) is 26.0 Å². The van der Waals surface area contributed by atoms with Gasteiger partial charge in [-0.25, -0.2) is 0 Å². The van der Waals surface area contributed by atoms with Crippen molar-refractivity contribution >= 4 is 27.3 Å². The number of rotatable bonds is 2. The highest BCUT2D eigenvalue weighted by atomic mass is 79.9. The molecule has 98 valence electrons. The van der Waals surface area contributed by atoms with E-state index in [2.05, 4.69) is 15.9 Å². The lowest BCUT2D eigenvalue weighted by Gasteiger charge is -2.28. The number of alkyl halides is 6. The summed E-state index contributed by atoms with van der Waals surface area (Å²) in [6.07, 6.45) is -10.9. The third-order valence-electron chi connectivity index (χ3n) is 2.07. The summed E-state index contributed by atoms with van der Waals surface area (Å²) in [5.41, 5.74) is 4.89. The summed E-state index contributed by atoms with van der Waals surface area (Å²) < 4.78 is 74.4. The van der Waals surface area contributed by atoms with Crippen LogP contribution in [0.1, 0.15) is 11.6 Å². The highest BCUT2D eigenvalue weighted by Crippen LogP contribution is 2.46. The lowest BCUT2D eigenvalue weighted by molar-refractivity contribution is -0.290. The Kier molecular flexibility index (Phi) is 4.15. The van der Waals surface area contributed by atoms with Crippen molar-refractivity contribution in [2.24, 2.45) is 11.7 Å². The summed E-state index contributed by atoms with van der Waals surface area (Å²) in [4.78, 5) is 0. The minimum atomic E-state index is -5.43. The van der Waals surface area contributed by atoms with Crippen molar-refractivity contribution in [1.82, 2.24) is 0 Å². The van der Waals surface area contributed by atoms with E-state index in [1.54, 1.807) is 0 Å². The van der Waals surface area contributed by atoms with Gasteiger partial charge < -0.3 is 5.73 Å². The number of hydrogen-bond donors (Lipinski definition) is 1. The first-order valence-electron chi connectivity index (χ1n) is 4.15. The van der Waals surface area contributed by atoms with Crippen molar-refractivity contribution in [3.05, 3.63) is 20.8 Å². The number of halogens is 7. The molecule has 0 aliphatic carbocycles. The highest BCUT2D eigenvalue weighted by molar-refractivity contribution is 9.10. The van der Waals surface area contributed by atoms with E-state index in [1.165, 1.54) is 10.8 Å². The van der Waals surface area contributed by atoms with E-state index in [1.807, 2.05) is 0 Å². The highest BCUT2D eigenvalue weighted by Gasteiger charge is 2.59. The minimum Gasteiger partial charge on any atom is -0.323 e. The van der Waals surface area contributed by atoms with Crippen molar-refractivity contribution in [3.8, 4) is 0 Å². The van der Waals surface area contributed by atoms with Crippen LogP contribution in [0.3, 0.4) is 0 Å². The molecule has 1 aromatic heterocycles. The second-order valence-electron chi connectivity index (χ2n) is 3.26. The fraction of sp³-hybridized carbons (Fsp3) is 0.500. The molecule has 0 aliphatic rings. The maximum absolute atomic E-state index is 12.4. The third kappa shape index (κ3) is 3.35. The average Bonchev–Trinajstić information content (AvgIpc) is 2.45. The quantitative estimate of drug-likeness (QED) is 0.799. The predicted octanol–water partition coefficient (Wildman–Crippen LogP) is 4.25. The molecule has 17 heavy (non-hydrogen) atoms. The van der Waals surface area contributed by atoms with Gasteiger partial charge in [-0.1, -0.05) is 0 Å². The molecule has 0 amide bonds. The zero-order valence-electron chi connectivity index (χ0n) is 7.94.